The Labute approximate surface area is 145 Å². The number of nitrogens with one attached hydrogen (secondary N) is 1. The summed E-state index contributed by atoms with van der Waals surface area (Å²) in [6.07, 6.45) is 1.50. The highest BCUT2D eigenvalue weighted by atomic mass is 16.5. The number of carbonyl (C=O) groups is 3. The van der Waals surface area contributed by atoms with Gasteiger partial charge in [0.25, 0.3) is 5.91 Å². The van der Waals surface area contributed by atoms with Crippen molar-refractivity contribution in [3.63, 3.8) is 0 Å². The quantitative estimate of drug-likeness (QED) is 0.613. The van der Waals surface area contributed by atoms with Gasteiger partial charge in [0.1, 0.15) is 5.56 Å². The van der Waals surface area contributed by atoms with Crippen LogP contribution in [0.4, 0.5) is 5.69 Å². The van der Waals surface area contributed by atoms with Gasteiger partial charge in [-0.25, -0.2) is 9.78 Å². The number of amides is 1. The number of hydrogen-bond acceptors (Lipinski definition) is 6. The first-order valence-electron chi connectivity index (χ1n) is 7.67. The number of anilines is 1. The van der Waals surface area contributed by atoms with E-state index in [0.29, 0.717) is 17.9 Å². The van der Waals surface area contributed by atoms with Crippen molar-refractivity contribution in [2.24, 2.45) is 0 Å². The Morgan fingerprint density at radius 2 is 1.84 bits per heavy atom. The summed E-state index contributed by atoms with van der Waals surface area (Å²) in [7, 11) is 0. The number of hydrogen-bond donors (Lipinski definition) is 1. The summed E-state index contributed by atoms with van der Waals surface area (Å²) < 4.78 is 10.2. The van der Waals surface area contributed by atoms with Crippen LogP contribution in [0.5, 0.6) is 5.88 Å². The van der Waals surface area contributed by atoms with E-state index in [2.05, 4.69) is 10.3 Å². The second kappa shape index (κ2) is 8.58. The molecule has 0 atom stereocenters. The topological polar surface area (TPSA) is 94.6 Å². The molecule has 0 radical (unpaired) electrons. The van der Waals surface area contributed by atoms with E-state index < -0.39 is 18.5 Å². The number of esters is 1. The van der Waals surface area contributed by atoms with E-state index in [1.165, 1.54) is 19.2 Å². The third-order valence-electron chi connectivity index (χ3n) is 3.18. The van der Waals surface area contributed by atoms with Crippen molar-refractivity contribution < 1.29 is 23.9 Å². The zero-order valence-electron chi connectivity index (χ0n) is 13.9. The summed E-state index contributed by atoms with van der Waals surface area (Å²) in [5.74, 6) is -1.09. The number of ketones is 1. The fraction of sp³-hybridized carbons (Fsp3) is 0.222. The lowest BCUT2D eigenvalue weighted by molar-refractivity contribution is -0.119. The van der Waals surface area contributed by atoms with Crippen LogP contribution in [0.2, 0.25) is 0 Å². The molecule has 1 aromatic heterocycles. The number of aromatic nitrogens is 1. The van der Waals surface area contributed by atoms with E-state index in [4.69, 9.17) is 9.47 Å². The lowest BCUT2D eigenvalue weighted by atomic mass is 10.1. The van der Waals surface area contributed by atoms with Gasteiger partial charge in [0, 0.05) is 17.4 Å². The molecule has 1 aromatic carbocycles. The molecule has 0 spiro atoms. The van der Waals surface area contributed by atoms with Crippen LogP contribution >= 0.6 is 0 Å². The highest BCUT2D eigenvalue weighted by molar-refractivity contribution is 5.97. The minimum atomic E-state index is -0.696. The number of benzene rings is 1. The third-order valence-corrected chi connectivity index (χ3v) is 3.18. The van der Waals surface area contributed by atoms with Gasteiger partial charge in [0.2, 0.25) is 5.88 Å². The molecular formula is C18H18N2O5. The summed E-state index contributed by atoms with van der Waals surface area (Å²) in [6, 6.07) is 9.51. The van der Waals surface area contributed by atoms with E-state index in [0.717, 1.165) is 0 Å². The van der Waals surface area contributed by atoms with E-state index in [1.54, 1.807) is 37.3 Å². The van der Waals surface area contributed by atoms with Crippen LogP contribution in [0.15, 0.2) is 42.6 Å². The second-order valence-electron chi connectivity index (χ2n) is 5.05. The number of ether oxygens (including phenoxy) is 2. The van der Waals surface area contributed by atoms with Crippen LogP contribution in [0.1, 0.15) is 34.6 Å². The summed E-state index contributed by atoms with van der Waals surface area (Å²) in [5, 5.41) is 2.58. The highest BCUT2D eigenvalue weighted by Crippen LogP contribution is 2.15. The lowest BCUT2D eigenvalue weighted by Crippen LogP contribution is -2.21. The van der Waals surface area contributed by atoms with E-state index in [9.17, 15) is 14.4 Å². The van der Waals surface area contributed by atoms with Crippen molar-refractivity contribution in [3.8, 4) is 5.88 Å². The molecule has 7 heteroatoms. The smallest absolute Gasteiger partial charge is 0.344 e. The zero-order valence-corrected chi connectivity index (χ0v) is 13.9. The molecule has 0 saturated carbocycles. The number of rotatable bonds is 7. The predicted molar refractivity (Wildman–Crippen MR) is 90.8 cm³/mol. The molecule has 0 aliphatic carbocycles. The molecule has 0 fully saturated rings. The normalized spacial score (nSPS) is 10.0. The van der Waals surface area contributed by atoms with Crippen molar-refractivity contribution in [2.45, 2.75) is 13.8 Å². The Bertz CT molecular complexity index is 771. The van der Waals surface area contributed by atoms with Gasteiger partial charge >= 0.3 is 5.97 Å². The Kier molecular flexibility index (Phi) is 6.22. The van der Waals surface area contributed by atoms with Crippen molar-refractivity contribution >= 4 is 23.3 Å². The van der Waals surface area contributed by atoms with Gasteiger partial charge in [-0.15, -0.1) is 0 Å². The fourth-order valence-corrected chi connectivity index (χ4v) is 1.99. The second-order valence-corrected chi connectivity index (χ2v) is 5.05. The van der Waals surface area contributed by atoms with Gasteiger partial charge < -0.3 is 14.8 Å². The number of nitrogens with zero attached hydrogens (tertiary/aromatic N) is 1. The van der Waals surface area contributed by atoms with Crippen molar-refractivity contribution in [1.82, 2.24) is 4.98 Å². The number of pyridine rings is 1. The Morgan fingerprint density at radius 1 is 1.12 bits per heavy atom. The van der Waals surface area contributed by atoms with Crippen LogP contribution in [0, 0.1) is 0 Å². The summed E-state index contributed by atoms with van der Waals surface area (Å²) in [5.41, 5.74) is 1.20. The van der Waals surface area contributed by atoms with E-state index in [1.807, 2.05) is 0 Å². The van der Waals surface area contributed by atoms with Crippen LogP contribution in [-0.4, -0.2) is 35.9 Å². The van der Waals surface area contributed by atoms with Crippen LogP contribution in [0.25, 0.3) is 0 Å². The first-order valence-corrected chi connectivity index (χ1v) is 7.67. The SMILES string of the molecule is CCOc1ncccc1C(=O)OCC(=O)Nc1ccc(C(C)=O)cc1. The first-order chi connectivity index (χ1) is 12.0. The van der Waals surface area contributed by atoms with Crippen LogP contribution < -0.4 is 10.1 Å². The molecule has 2 aromatic rings. The Hall–Kier alpha value is -3.22. The Balaban J connectivity index is 1.91. The monoisotopic (exact) mass is 342 g/mol. The molecule has 0 aliphatic rings. The fourth-order valence-electron chi connectivity index (χ4n) is 1.99. The van der Waals surface area contributed by atoms with Gasteiger partial charge in [-0.1, -0.05) is 0 Å². The summed E-state index contributed by atoms with van der Waals surface area (Å²) in [4.78, 5) is 39.1. The van der Waals surface area contributed by atoms with Gasteiger partial charge in [0.05, 0.1) is 6.61 Å². The minimum Gasteiger partial charge on any atom is -0.477 e. The largest absolute Gasteiger partial charge is 0.477 e. The van der Waals surface area contributed by atoms with E-state index >= 15 is 0 Å². The molecule has 0 saturated heterocycles. The highest BCUT2D eigenvalue weighted by Gasteiger charge is 2.16. The van der Waals surface area contributed by atoms with Crippen molar-refractivity contribution in [3.05, 3.63) is 53.7 Å². The molecule has 7 nitrogen and oxygen atoms in total. The van der Waals surface area contributed by atoms with Gasteiger partial charge in [-0.05, 0) is 50.2 Å². The molecule has 130 valence electrons. The minimum absolute atomic E-state index is 0.0617. The lowest BCUT2D eigenvalue weighted by Gasteiger charge is -2.09. The Morgan fingerprint density at radius 3 is 2.48 bits per heavy atom. The number of Topliss-reactive ketones (excluding diaryl/α,β-unsaturated/α-hetero) is 1. The molecule has 0 unspecified atom stereocenters. The van der Waals surface area contributed by atoms with Crippen LogP contribution in [0.3, 0.4) is 0 Å². The maximum absolute atomic E-state index is 12.1. The maximum Gasteiger partial charge on any atom is 0.344 e. The van der Waals surface area contributed by atoms with Gasteiger partial charge in [-0.3, -0.25) is 9.59 Å². The molecule has 2 rings (SSSR count). The third kappa shape index (κ3) is 5.13. The summed E-state index contributed by atoms with van der Waals surface area (Å²) >= 11 is 0. The molecule has 25 heavy (non-hydrogen) atoms. The number of carbonyl (C=O) groups excluding carboxylic acids is 3. The van der Waals surface area contributed by atoms with Gasteiger partial charge in [0.15, 0.2) is 12.4 Å². The average molecular weight is 342 g/mol. The maximum atomic E-state index is 12.1. The van der Waals surface area contributed by atoms with Crippen molar-refractivity contribution in [1.29, 1.82) is 0 Å². The molecule has 0 bridgehead atoms. The zero-order chi connectivity index (χ0) is 18.2. The average Bonchev–Trinajstić information content (AvgIpc) is 2.61. The predicted octanol–water partition coefficient (Wildman–Crippen LogP) is 2.48. The first kappa shape index (κ1) is 18.1. The summed E-state index contributed by atoms with van der Waals surface area (Å²) in [6.45, 7) is 3.14. The van der Waals surface area contributed by atoms with Gasteiger partial charge in [-0.2, -0.15) is 0 Å². The molecule has 0 aliphatic heterocycles. The molecule has 1 heterocycles. The van der Waals surface area contributed by atoms with E-state index in [-0.39, 0.29) is 17.2 Å². The molecular weight excluding hydrogens is 324 g/mol. The molecule has 1 amide bonds. The standard InChI is InChI=1S/C18H18N2O5/c1-3-24-17-15(5-4-10-19-17)18(23)25-11-16(22)20-14-8-6-13(7-9-14)12(2)21/h4-10H,3,11H2,1-2H3,(H,20,22). The molecule has 1 N–H and O–H groups in total. The van der Waals surface area contributed by atoms with Crippen molar-refractivity contribution in [2.75, 3.05) is 18.5 Å². The van der Waals surface area contributed by atoms with Crippen LogP contribution in [-0.2, 0) is 9.53 Å².